The van der Waals surface area contributed by atoms with Crippen LogP contribution in [0.1, 0.15) is 22.8 Å². The number of aryl methyl sites for hydroxylation is 1. The summed E-state index contributed by atoms with van der Waals surface area (Å²) < 4.78 is 25.9. The largest absolute Gasteiger partial charge is 0.478 e. The molecule has 1 heterocycles. The number of aromatic carboxylic acids is 1. The molecule has 0 aliphatic rings. The third kappa shape index (κ3) is 8.09. The topological polar surface area (TPSA) is 190 Å². The van der Waals surface area contributed by atoms with Crippen molar-refractivity contribution in [2.75, 3.05) is 60.7 Å². The van der Waals surface area contributed by atoms with E-state index in [1.54, 1.807) is 17.9 Å². The van der Waals surface area contributed by atoms with Gasteiger partial charge in [-0.2, -0.15) is 15.0 Å². The number of hydrogen-bond donors (Lipinski definition) is 6. The Morgan fingerprint density at radius 3 is 2.42 bits per heavy atom. The third-order valence-electron chi connectivity index (χ3n) is 4.49. The van der Waals surface area contributed by atoms with Gasteiger partial charge in [-0.15, -0.1) is 0 Å². The lowest BCUT2D eigenvalue weighted by molar-refractivity contribution is 0.0697. The Labute approximate surface area is 192 Å². The lowest BCUT2D eigenvalue weighted by Gasteiger charge is -2.23. The molecule has 0 radical (unpaired) electrons. The second-order valence-electron chi connectivity index (χ2n) is 6.90. The van der Waals surface area contributed by atoms with E-state index in [0.717, 1.165) is 5.56 Å². The fourth-order valence-corrected chi connectivity index (χ4v) is 3.30. The molecule has 14 heteroatoms. The standard InChI is InChI=1S/C19H29N7O6S/c1-3-33(31,32)21-6-8-26(9-11-28)19-24-17(20-7-10-27)23-18(25-19)22-15-12-14(16(29)30)5-4-13(15)2/h4-5,12,21,27-28H,3,6-11H2,1-2H3,(H,29,30)(H2,20,22,23,24,25). The number of nitrogens with one attached hydrogen (secondary N) is 3. The van der Waals surface area contributed by atoms with Crippen LogP contribution < -0.4 is 20.3 Å². The molecule has 0 saturated carbocycles. The number of benzene rings is 1. The number of aliphatic hydroxyl groups excluding tert-OH is 2. The molecule has 6 N–H and O–H groups in total. The highest BCUT2D eigenvalue weighted by Gasteiger charge is 2.16. The lowest BCUT2D eigenvalue weighted by atomic mass is 10.1. The van der Waals surface area contributed by atoms with Gasteiger partial charge < -0.3 is 30.9 Å². The zero-order chi connectivity index (χ0) is 24.4. The fourth-order valence-electron chi connectivity index (χ4n) is 2.69. The minimum absolute atomic E-state index is 0.0587. The average Bonchev–Trinajstić information content (AvgIpc) is 2.78. The normalized spacial score (nSPS) is 11.3. The molecule has 2 rings (SSSR count). The maximum atomic E-state index is 11.7. The van der Waals surface area contributed by atoms with Crippen molar-refractivity contribution in [3.63, 3.8) is 0 Å². The monoisotopic (exact) mass is 483 g/mol. The van der Waals surface area contributed by atoms with Crippen molar-refractivity contribution in [3.8, 4) is 0 Å². The number of carboxylic acid groups (broad SMARTS) is 1. The number of carboxylic acids is 1. The minimum Gasteiger partial charge on any atom is -0.478 e. The fraction of sp³-hybridized carbons (Fsp3) is 0.474. The van der Waals surface area contributed by atoms with Crippen molar-refractivity contribution in [3.05, 3.63) is 29.3 Å². The summed E-state index contributed by atoms with van der Waals surface area (Å²) in [5, 5.41) is 33.7. The first-order valence-corrected chi connectivity index (χ1v) is 11.9. The maximum Gasteiger partial charge on any atom is 0.335 e. The number of nitrogens with zero attached hydrogens (tertiary/aromatic N) is 4. The number of aromatic nitrogens is 3. The molecule has 13 nitrogen and oxygen atoms in total. The molecule has 0 atom stereocenters. The number of carbonyl (C=O) groups is 1. The Kier molecular flexibility index (Phi) is 9.72. The van der Waals surface area contributed by atoms with E-state index in [4.69, 9.17) is 5.11 Å². The van der Waals surface area contributed by atoms with Crippen LogP contribution in [0.25, 0.3) is 0 Å². The smallest absolute Gasteiger partial charge is 0.335 e. The molecule has 2 aromatic rings. The summed E-state index contributed by atoms with van der Waals surface area (Å²) in [6.07, 6.45) is 0. The first kappa shape index (κ1) is 26.2. The first-order chi connectivity index (χ1) is 15.7. The Morgan fingerprint density at radius 2 is 1.79 bits per heavy atom. The summed E-state index contributed by atoms with van der Waals surface area (Å²) >= 11 is 0. The highest BCUT2D eigenvalue weighted by atomic mass is 32.2. The van der Waals surface area contributed by atoms with Crippen LogP contribution in [0.2, 0.25) is 0 Å². The van der Waals surface area contributed by atoms with Crippen molar-refractivity contribution in [1.82, 2.24) is 19.7 Å². The van der Waals surface area contributed by atoms with Crippen LogP contribution in [-0.4, -0.2) is 89.8 Å². The van der Waals surface area contributed by atoms with E-state index in [-0.39, 0.29) is 68.6 Å². The summed E-state index contributed by atoms with van der Waals surface area (Å²) in [5.74, 6) is -0.742. The number of rotatable bonds is 14. The van der Waals surface area contributed by atoms with E-state index in [0.29, 0.717) is 5.69 Å². The number of sulfonamides is 1. The zero-order valence-electron chi connectivity index (χ0n) is 18.4. The molecular weight excluding hydrogens is 454 g/mol. The van der Waals surface area contributed by atoms with Gasteiger partial charge in [0.15, 0.2) is 0 Å². The van der Waals surface area contributed by atoms with Gasteiger partial charge in [0.1, 0.15) is 0 Å². The molecule has 0 fully saturated rings. The van der Waals surface area contributed by atoms with E-state index >= 15 is 0 Å². The first-order valence-electron chi connectivity index (χ1n) is 10.2. The van der Waals surface area contributed by atoms with Crippen LogP contribution in [0.15, 0.2) is 18.2 Å². The van der Waals surface area contributed by atoms with Gasteiger partial charge in [-0.3, -0.25) is 0 Å². The van der Waals surface area contributed by atoms with Gasteiger partial charge in [-0.05, 0) is 31.5 Å². The van der Waals surface area contributed by atoms with Crippen molar-refractivity contribution in [1.29, 1.82) is 0 Å². The molecule has 0 aliphatic carbocycles. The summed E-state index contributed by atoms with van der Waals surface area (Å²) in [6, 6.07) is 4.58. The molecule has 0 saturated heterocycles. The van der Waals surface area contributed by atoms with Crippen LogP contribution >= 0.6 is 0 Å². The van der Waals surface area contributed by atoms with E-state index in [1.807, 2.05) is 0 Å². The summed E-state index contributed by atoms with van der Waals surface area (Å²) in [5.41, 5.74) is 1.32. The van der Waals surface area contributed by atoms with Crippen LogP contribution in [0.5, 0.6) is 0 Å². The molecule has 0 spiro atoms. The predicted octanol–water partition coefficient (Wildman–Crippen LogP) is -0.236. The van der Waals surface area contributed by atoms with Crippen molar-refractivity contribution in [2.45, 2.75) is 13.8 Å². The Bertz CT molecular complexity index is 1050. The van der Waals surface area contributed by atoms with Gasteiger partial charge >= 0.3 is 5.97 Å². The molecule has 1 aromatic carbocycles. The van der Waals surface area contributed by atoms with Gasteiger partial charge in [0, 0.05) is 31.9 Å². The van der Waals surface area contributed by atoms with E-state index in [9.17, 15) is 23.4 Å². The summed E-state index contributed by atoms with van der Waals surface area (Å²) in [7, 11) is -3.39. The SMILES string of the molecule is CCS(=O)(=O)NCCN(CCO)c1nc(NCCO)nc(Nc2cc(C(=O)O)ccc2C)n1. The van der Waals surface area contributed by atoms with E-state index in [2.05, 4.69) is 30.3 Å². The molecule has 0 amide bonds. The Balaban J connectivity index is 2.36. The van der Waals surface area contributed by atoms with Crippen LogP contribution in [0.4, 0.5) is 23.5 Å². The predicted molar refractivity (Wildman–Crippen MR) is 124 cm³/mol. The lowest BCUT2D eigenvalue weighted by Crippen LogP contribution is -2.38. The molecule has 0 unspecified atom stereocenters. The highest BCUT2D eigenvalue weighted by molar-refractivity contribution is 7.89. The van der Waals surface area contributed by atoms with Crippen LogP contribution in [0, 0.1) is 6.92 Å². The molecule has 0 bridgehead atoms. The van der Waals surface area contributed by atoms with Gasteiger partial charge in [0.05, 0.1) is 24.5 Å². The number of hydrogen-bond acceptors (Lipinski definition) is 11. The quantitative estimate of drug-likeness (QED) is 0.207. The van der Waals surface area contributed by atoms with Gasteiger partial charge in [0.2, 0.25) is 27.9 Å². The summed E-state index contributed by atoms with van der Waals surface area (Å²) in [6.45, 7) is 3.48. The van der Waals surface area contributed by atoms with E-state index in [1.165, 1.54) is 19.1 Å². The van der Waals surface area contributed by atoms with Crippen molar-refractivity contribution >= 4 is 39.5 Å². The van der Waals surface area contributed by atoms with Gasteiger partial charge in [-0.1, -0.05) is 6.07 Å². The van der Waals surface area contributed by atoms with Crippen molar-refractivity contribution in [2.24, 2.45) is 0 Å². The van der Waals surface area contributed by atoms with Crippen LogP contribution in [0.3, 0.4) is 0 Å². The molecule has 0 aliphatic heterocycles. The van der Waals surface area contributed by atoms with Gasteiger partial charge in [0.25, 0.3) is 0 Å². The maximum absolute atomic E-state index is 11.7. The number of anilines is 4. The highest BCUT2D eigenvalue weighted by Crippen LogP contribution is 2.22. The molecule has 1 aromatic heterocycles. The Hall–Kier alpha value is -3.07. The van der Waals surface area contributed by atoms with Gasteiger partial charge in [-0.25, -0.2) is 17.9 Å². The zero-order valence-corrected chi connectivity index (χ0v) is 19.3. The Morgan fingerprint density at radius 1 is 1.06 bits per heavy atom. The minimum atomic E-state index is -3.39. The third-order valence-corrected chi connectivity index (χ3v) is 5.89. The van der Waals surface area contributed by atoms with Crippen LogP contribution in [-0.2, 0) is 10.0 Å². The second kappa shape index (κ2) is 12.2. The molecular formula is C19H29N7O6S. The van der Waals surface area contributed by atoms with Crippen molar-refractivity contribution < 1.29 is 28.5 Å². The average molecular weight is 484 g/mol. The molecule has 182 valence electrons. The van der Waals surface area contributed by atoms with E-state index < -0.39 is 16.0 Å². The second-order valence-corrected chi connectivity index (χ2v) is 9.00. The summed E-state index contributed by atoms with van der Waals surface area (Å²) in [4.78, 5) is 25.8. The molecule has 33 heavy (non-hydrogen) atoms. The number of aliphatic hydroxyl groups is 2.